The molecule has 0 aromatic rings. The van der Waals surface area contributed by atoms with E-state index in [1.54, 1.807) is 6.92 Å². The first-order valence-corrected chi connectivity index (χ1v) is 6.85. The van der Waals surface area contributed by atoms with Crippen LogP contribution in [-0.2, 0) is 19.6 Å². The second-order valence-corrected chi connectivity index (χ2v) is 6.17. The largest absolute Gasteiger partial charge is 0.480 e. The number of amides is 1. The van der Waals surface area contributed by atoms with E-state index in [1.165, 1.54) is 0 Å². The number of rotatable bonds is 4. The lowest BCUT2D eigenvalue weighted by Crippen LogP contribution is -2.49. The Hall–Kier alpha value is -1.15. The van der Waals surface area contributed by atoms with Crippen LogP contribution in [-0.4, -0.2) is 48.0 Å². The summed E-state index contributed by atoms with van der Waals surface area (Å²) < 4.78 is 24.6. The predicted molar refractivity (Wildman–Crippen MR) is 59.5 cm³/mol. The van der Waals surface area contributed by atoms with Crippen molar-refractivity contribution in [2.24, 2.45) is 11.7 Å². The molecular formula is C9H16N2O5S. The standard InChI is InChI=1S/C9H16N2O5S/c1-6-2-3-7(9(10)14)4-11(6)17(15,16)5-8(12)13/h6-7H,2-5H2,1H3,(H2,10,14)(H,12,13). The minimum atomic E-state index is -3.87. The van der Waals surface area contributed by atoms with Crippen molar-refractivity contribution in [3.05, 3.63) is 0 Å². The Kier molecular flexibility index (Phi) is 4.10. The van der Waals surface area contributed by atoms with Gasteiger partial charge in [-0.25, -0.2) is 8.42 Å². The maximum absolute atomic E-state index is 11.8. The fourth-order valence-electron chi connectivity index (χ4n) is 1.93. The van der Waals surface area contributed by atoms with Gasteiger partial charge in [0.1, 0.15) is 0 Å². The van der Waals surface area contributed by atoms with Gasteiger partial charge in [0.15, 0.2) is 5.75 Å². The first-order valence-electron chi connectivity index (χ1n) is 5.24. The molecule has 0 aromatic carbocycles. The van der Waals surface area contributed by atoms with Crippen molar-refractivity contribution in [2.45, 2.75) is 25.8 Å². The van der Waals surface area contributed by atoms with Gasteiger partial charge in [-0.2, -0.15) is 4.31 Å². The summed E-state index contributed by atoms with van der Waals surface area (Å²) >= 11 is 0. The van der Waals surface area contributed by atoms with Gasteiger partial charge in [0.25, 0.3) is 0 Å². The number of carbonyl (C=O) groups excluding carboxylic acids is 1. The molecule has 0 aliphatic carbocycles. The second kappa shape index (κ2) is 5.01. The molecule has 1 aliphatic rings. The van der Waals surface area contributed by atoms with Gasteiger partial charge in [-0.05, 0) is 19.8 Å². The molecule has 3 N–H and O–H groups in total. The molecule has 1 fully saturated rings. The summed E-state index contributed by atoms with van der Waals surface area (Å²) in [5.41, 5.74) is 5.14. The van der Waals surface area contributed by atoms with Crippen LogP contribution < -0.4 is 5.73 Å². The number of carbonyl (C=O) groups is 2. The smallest absolute Gasteiger partial charge is 0.320 e. The second-order valence-electron chi connectivity index (χ2n) is 4.25. The number of hydrogen-bond donors (Lipinski definition) is 2. The minimum Gasteiger partial charge on any atom is -0.480 e. The molecule has 1 amide bonds. The Bertz CT molecular complexity index is 419. The molecule has 0 spiro atoms. The fraction of sp³-hybridized carbons (Fsp3) is 0.778. The van der Waals surface area contributed by atoms with E-state index in [2.05, 4.69) is 0 Å². The lowest BCUT2D eigenvalue weighted by atomic mass is 9.95. The first-order chi connectivity index (χ1) is 7.74. The summed E-state index contributed by atoms with van der Waals surface area (Å²) in [5.74, 6) is -3.44. The number of aliphatic carboxylic acids is 1. The third-order valence-corrected chi connectivity index (χ3v) is 4.73. The van der Waals surface area contributed by atoms with Crippen molar-refractivity contribution in [1.82, 2.24) is 4.31 Å². The molecule has 0 saturated carbocycles. The number of primary amides is 1. The molecule has 7 nitrogen and oxygen atoms in total. The normalized spacial score (nSPS) is 26.6. The summed E-state index contributed by atoms with van der Waals surface area (Å²) in [5, 5.41) is 8.54. The Morgan fingerprint density at radius 1 is 1.41 bits per heavy atom. The Morgan fingerprint density at radius 2 is 2.00 bits per heavy atom. The van der Waals surface area contributed by atoms with Crippen LogP contribution in [0.1, 0.15) is 19.8 Å². The number of carboxylic acid groups (broad SMARTS) is 1. The zero-order valence-electron chi connectivity index (χ0n) is 9.50. The fourth-order valence-corrected chi connectivity index (χ4v) is 3.47. The lowest BCUT2D eigenvalue weighted by molar-refractivity contribution is -0.134. The summed E-state index contributed by atoms with van der Waals surface area (Å²) in [6, 6.07) is -0.296. The molecule has 1 rings (SSSR count). The van der Waals surface area contributed by atoms with Crippen LogP contribution in [0, 0.1) is 5.92 Å². The molecular weight excluding hydrogens is 248 g/mol. The van der Waals surface area contributed by atoms with Crippen LogP contribution in [0.15, 0.2) is 0 Å². The average Bonchev–Trinajstić information content (AvgIpc) is 2.15. The molecule has 1 saturated heterocycles. The average molecular weight is 264 g/mol. The van der Waals surface area contributed by atoms with E-state index in [0.717, 1.165) is 4.31 Å². The van der Waals surface area contributed by atoms with E-state index in [9.17, 15) is 18.0 Å². The van der Waals surface area contributed by atoms with Crippen molar-refractivity contribution in [2.75, 3.05) is 12.3 Å². The molecule has 2 atom stereocenters. The van der Waals surface area contributed by atoms with Gasteiger partial charge in [-0.3, -0.25) is 9.59 Å². The molecule has 17 heavy (non-hydrogen) atoms. The van der Waals surface area contributed by atoms with Crippen molar-refractivity contribution in [1.29, 1.82) is 0 Å². The highest BCUT2D eigenvalue weighted by Crippen LogP contribution is 2.24. The maximum Gasteiger partial charge on any atom is 0.320 e. The Labute approximate surface area is 99.6 Å². The first kappa shape index (κ1) is 13.9. The van der Waals surface area contributed by atoms with Crippen LogP contribution in [0.5, 0.6) is 0 Å². The summed E-state index contributed by atoms with van der Waals surface area (Å²) in [6.45, 7) is 1.67. The number of piperidine rings is 1. The van der Waals surface area contributed by atoms with E-state index in [-0.39, 0.29) is 12.6 Å². The molecule has 2 unspecified atom stereocenters. The van der Waals surface area contributed by atoms with Crippen LogP contribution in [0.3, 0.4) is 0 Å². The molecule has 98 valence electrons. The highest BCUT2D eigenvalue weighted by Gasteiger charge is 2.36. The number of hydrogen-bond acceptors (Lipinski definition) is 4. The van der Waals surface area contributed by atoms with Crippen LogP contribution in [0.4, 0.5) is 0 Å². The quantitative estimate of drug-likeness (QED) is 0.674. The van der Waals surface area contributed by atoms with Crippen LogP contribution in [0.2, 0.25) is 0 Å². The Morgan fingerprint density at radius 3 is 2.47 bits per heavy atom. The lowest BCUT2D eigenvalue weighted by Gasteiger charge is -2.35. The monoisotopic (exact) mass is 264 g/mol. The van der Waals surface area contributed by atoms with Gasteiger partial charge < -0.3 is 10.8 Å². The third kappa shape index (κ3) is 3.40. The van der Waals surface area contributed by atoms with Gasteiger partial charge in [-0.1, -0.05) is 0 Å². The van der Waals surface area contributed by atoms with Crippen LogP contribution in [0.25, 0.3) is 0 Å². The van der Waals surface area contributed by atoms with Crippen LogP contribution >= 0.6 is 0 Å². The van der Waals surface area contributed by atoms with E-state index < -0.39 is 33.6 Å². The van der Waals surface area contributed by atoms with Gasteiger partial charge in [0, 0.05) is 12.6 Å². The van der Waals surface area contributed by atoms with Gasteiger partial charge in [0.05, 0.1) is 5.92 Å². The highest BCUT2D eigenvalue weighted by atomic mass is 32.2. The number of sulfonamides is 1. The molecule has 1 heterocycles. The summed E-state index contributed by atoms with van der Waals surface area (Å²) in [7, 11) is -3.87. The Balaban J connectivity index is 2.87. The number of carboxylic acids is 1. The van der Waals surface area contributed by atoms with Gasteiger partial charge >= 0.3 is 5.97 Å². The van der Waals surface area contributed by atoms with Crippen molar-refractivity contribution in [3.8, 4) is 0 Å². The van der Waals surface area contributed by atoms with E-state index in [1.807, 2.05) is 0 Å². The predicted octanol–water partition coefficient (Wildman–Crippen LogP) is -1.01. The number of nitrogens with two attached hydrogens (primary N) is 1. The zero-order valence-corrected chi connectivity index (χ0v) is 10.3. The molecule has 1 aliphatic heterocycles. The van der Waals surface area contributed by atoms with Crippen molar-refractivity contribution in [3.63, 3.8) is 0 Å². The zero-order chi connectivity index (χ0) is 13.2. The van der Waals surface area contributed by atoms with E-state index >= 15 is 0 Å². The number of nitrogens with zero attached hydrogens (tertiary/aromatic N) is 1. The molecule has 0 bridgehead atoms. The molecule has 8 heteroatoms. The molecule has 0 radical (unpaired) electrons. The third-order valence-electron chi connectivity index (χ3n) is 2.89. The van der Waals surface area contributed by atoms with Crippen molar-refractivity contribution >= 4 is 21.9 Å². The van der Waals surface area contributed by atoms with Crippen molar-refractivity contribution < 1.29 is 23.1 Å². The summed E-state index contributed by atoms with van der Waals surface area (Å²) in [4.78, 5) is 21.5. The highest BCUT2D eigenvalue weighted by molar-refractivity contribution is 7.89. The summed E-state index contributed by atoms with van der Waals surface area (Å²) in [6.07, 6.45) is 1.04. The molecule has 0 aromatic heterocycles. The maximum atomic E-state index is 11.8. The minimum absolute atomic E-state index is 0.0217. The van der Waals surface area contributed by atoms with Gasteiger partial charge in [0.2, 0.25) is 15.9 Å². The van der Waals surface area contributed by atoms with Gasteiger partial charge in [-0.15, -0.1) is 0 Å². The van der Waals surface area contributed by atoms with E-state index in [0.29, 0.717) is 12.8 Å². The topological polar surface area (TPSA) is 118 Å². The van der Waals surface area contributed by atoms with E-state index in [4.69, 9.17) is 10.8 Å². The SMILES string of the molecule is CC1CCC(C(N)=O)CN1S(=O)(=O)CC(=O)O.